The summed E-state index contributed by atoms with van der Waals surface area (Å²) >= 11 is 0. The lowest BCUT2D eigenvalue weighted by Crippen LogP contribution is -2.40. The van der Waals surface area contributed by atoms with Crippen molar-refractivity contribution < 1.29 is 9.47 Å². The first-order valence-corrected chi connectivity index (χ1v) is 5.14. The smallest absolute Gasteiger partial charge is 0.0632 e. The van der Waals surface area contributed by atoms with Crippen LogP contribution in [0.3, 0.4) is 0 Å². The summed E-state index contributed by atoms with van der Waals surface area (Å²) in [5, 5.41) is 0. The second-order valence-corrected chi connectivity index (χ2v) is 4.03. The van der Waals surface area contributed by atoms with Gasteiger partial charge in [0.1, 0.15) is 0 Å². The first-order chi connectivity index (χ1) is 6.55. The quantitative estimate of drug-likeness (QED) is 0.458. The molecule has 0 spiro atoms. The third-order valence-corrected chi connectivity index (χ3v) is 2.41. The van der Waals surface area contributed by atoms with Crippen molar-refractivity contribution in [2.24, 2.45) is 5.84 Å². The van der Waals surface area contributed by atoms with Gasteiger partial charge in [-0.1, -0.05) is 0 Å². The molecule has 0 aromatic heterocycles. The molecule has 0 heterocycles. The third kappa shape index (κ3) is 6.32. The lowest BCUT2D eigenvalue weighted by molar-refractivity contribution is 0.00842. The van der Waals surface area contributed by atoms with Crippen LogP contribution in [0.4, 0.5) is 0 Å². The molecule has 0 aliphatic rings. The lowest BCUT2D eigenvalue weighted by Gasteiger charge is -2.25. The maximum absolute atomic E-state index is 5.41. The van der Waals surface area contributed by atoms with Crippen molar-refractivity contribution in [1.82, 2.24) is 5.43 Å². The molecule has 86 valence electrons. The second kappa shape index (κ2) is 7.17. The minimum atomic E-state index is -0.0820. The molecule has 0 amide bonds. The van der Waals surface area contributed by atoms with E-state index < -0.39 is 0 Å². The Morgan fingerprint density at radius 2 is 2.07 bits per heavy atom. The highest BCUT2D eigenvalue weighted by atomic mass is 16.5. The molecule has 3 N–H and O–H groups in total. The van der Waals surface area contributed by atoms with Gasteiger partial charge in [0, 0.05) is 19.8 Å². The zero-order valence-corrected chi connectivity index (χ0v) is 9.80. The van der Waals surface area contributed by atoms with Gasteiger partial charge in [-0.2, -0.15) is 0 Å². The maximum Gasteiger partial charge on any atom is 0.0632 e. The van der Waals surface area contributed by atoms with E-state index in [4.69, 9.17) is 15.3 Å². The van der Waals surface area contributed by atoms with Crippen LogP contribution in [0.15, 0.2) is 0 Å². The number of methoxy groups -OCH3 is 1. The van der Waals surface area contributed by atoms with Gasteiger partial charge in [0.2, 0.25) is 0 Å². The van der Waals surface area contributed by atoms with Crippen LogP contribution in [0.5, 0.6) is 0 Å². The number of hydrazine groups is 1. The molecule has 0 aromatic carbocycles. The average molecular weight is 204 g/mol. The van der Waals surface area contributed by atoms with Crippen LogP contribution in [0, 0.1) is 0 Å². The number of hydrogen-bond donors (Lipinski definition) is 2. The van der Waals surface area contributed by atoms with Crippen LogP contribution in [-0.4, -0.2) is 32.0 Å². The molecule has 0 fully saturated rings. The Hall–Kier alpha value is -0.160. The van der Waals surface area contributed by atoms with Gasteiger partial charge in [-0.3, -0.25) is 11.3 Å². The molecule has 1 atom stereocenters. The summed E-state index contributed by atoms with van der Waals surface area (Å²) in [6.07, 6.45) is 1.92. The van der Waals surface area contributed by atoms with Crippen LogP contribution < -0.4 is 11.3 Å². The summed E-state index contributed by atoms with van der Waals surface area (Å²) in [5.74, 6) is 5.41. The Kier molecular flexibility index (Phi) is 7.09. The van der Waals surface area contributed by atoms with Crippen LogP contribution in [0.1, 0.15) is 33.6 Å². The number of nitrogens with two attached hydrogens (primary N) is 1. The van der Waals surface area contributed by atoms with Crippen LogP contribution in [-0.2, 0) is 9.47 Å². The van der Waals surface area contributed by atoms with Gasteiger partial charge in [0.25, 0.3) is 0 Å². The molecule has 0 rings (SSSR count). The second-order valence-electron chi connectivity index (χ2n) is 4.03. The Bertz CT molecular complexity index is 140. The van der Waals surface area contributed by atoms with Crippen molar-refractivity contribution in [1.29, 1.82) is 0 Å². The molecule has 0 aliphatic carbocycles. The Morgan fingerprint density at radius 1 is 1.43 bits per heavy atom. The molecular weight excluding hydrogens is 180 g/mol. The molecule has 0 aliphatic heterocycles. The highest BCUT2D eigenvalue weighted by molar-refractivity contribution is 4.72. The summed E-state index contributed by atoms with van der Waals surface area (Å²) in [6.45, 7) is 7.51. The van der Waals surface area contributed by atoms with Crippen LogP contribution in [0.2, 0.25) is 0 Å². The maximum atomic E-state index is 5.41. The highest BCUT2D eigenvalue weighted by Gasteiger charge is 2.18. The minimum absolute atomic E-state index is 0.0820. The van der Waals surface area contributed by atoms with Gasteiger partial charge in [0.05, 0.1) is 12.2 Å². The summed E-state index contributed by atoms with van der Waals surface area (Å²) in [4.78, 5) is 0. The molecule has 4 heteroatoms. The fourth-order valence-electron chi connectivity index (χ4n) is 1.10. The van der Waals surface area contributed by atoms with Crippen molar-refractivity contribution in [2.75, 3.05) is 20.3 Å². The monoisotopic (exact) mass is 204 g/mol. The molecule has 1 unspecified atom stereocenters. The van der Waals surface area contributed by atoms with Gasteiger partial charge in [-0.15, -0.1) is 0 Å². The van der Waals surface area contributed by atoms with E-state index in [-0.39, 0.29) is 11.6 Å². The number of ether oxygens (including phenoxy) is 2. The van der Waals surface area contributed by atoms with Gasteiger partial charge in [0.15, 0.2) is 0 Å². The van der Waals surface area contributed by atoms with E-state index >= 15 is 0 Å². The summed E-state index contributed by atoms with van der Waals surface area (Å²) < 4.78 is 10.6. The molecule has 0 saturated carbocycles. The lowest BCUT2D eigenvalue weighted by atomic mass is 9.99. The first kappa shape index (κ1) is 13.8. The van der Waals surface area contributed by atoms with Crippen molar-refractivity contribution in [3.05, 3.63) is 0 Å². The molecule has 0 aromatic rings. The highest BCUT2D eigenvalue weighted by Crippen LogP contribution is 2.16. The van der Waals surface area contributed by atoms with Crippen molar-refractivity contribution in [2.45, 2.75) is 45.3 Å². The van der Waals surface area contributed by atoms with Crippen LogP contribution >= 0.6 is 0 Å². The standard InChI is InChI=1S/C10H24N2O2/c1-5-14-8-9(12-11)6-7-10(2,3)13-4/h9,12H,5-8,11H2,1-4H3. The molecule has 0 bridgehead atoms. The molecule has 0 radical (unpaired) electrons. The van der Waals surface area contributed by atoms with Gasteiger partial charge >= 0.3 is 0 Å². The zero-order chi connectivity index (χ0) is 11.0. The number of rotatable bonds is 8. The Balaban J connectivity index is 3.71. The van der Waals surface area contributed by atoms with Gasteiger partial charge in [-0.05, 0) is 33.6 Å². The van der Waals surface area contributed by atoms with Crippen LogP contribution in [0.25, 0.3) is 0 Å². The van der Waals surface area contributed by atoms with E-state index in [1.165, 1.54) is 0 Å². The number of nitrogens with one attached hydrogen (secondary N) is 1. The summed E-state index contributed by atoms with van der Waals surface area (Å²) in [6, 6.07) is 0.212. The van der Waals surface area contributed by atoms with Gasteiger partial charge in [-0.25, -0.2) is 0 Å². The topological polar surface area (TPSA) is 56.5 Å². The minimum Gasteiger partial charge on any atom is -0.380 e. The van der Waals surface area contributed by atoms with Crippen molar-refractivity contribution >= 4 is 0 Å². The van der Waals surface area contributed by atoms with E-state index in [2.05, 4.69) is 19.3 Å². The summed E-state index contributed by atoms with van der Waals surface area (Å²) in [5.41, 5.74) is 2.67. The van der Waals surface area contributed by atoms with E-state index in [1.807, 2.05) is 6.92 Å². The van der Waals surface area contributed by atoms with E-state index in [9.17, 15) is 0 Å². The Morgan fingerprint density at radius 3 is 2.50 bits per heavy atom. The van der Waals surface area contributed by atoms with E-state index in [0.717, 1.165) is 19.4 Å². The average Bonchev–Trinajstić information content (AvgIpc) is 2.18. The fourth-order valence-corrected chi connectivity index (χ4v) is 1.10. The molecule has 14 heavy (non-hydrogen) atoms. The predicted molar refractivity (Wildman–Crippen MR) is 57.9 cm³/mol. The summed E-state index contributed by atoms with van der Waals surface area (Å²) in [7, 11) is 1.73. The Labute approximate surface area is 87.1 Å². The molecule has 0 saturated heterocycles. The fraction of sp³-hybridized carbons (Fsp3) is 1.00. The zero-order valence-electron chi connectivity index (χ0n) is 9.80. The first-order valence-electron chi connectivity index (χ1n) is 5.14. The van der Waals surface area contributed by atoms with Gasteiger partial charge < -0.3 is 9.47 Å². The number of hydrogen-bond acceptors (Lipinski definition) is 4. The third-order valence-electron chi connectivity index (χ3n) is 2.41. The normalized spacial score (nSPS) is 14.4. The van der Waals surface area contributed by atoms with E-state index in [0.29, 0.717) is 6.61 Å². The molecule has 4 nitrogen and oxygen atoms in total. The SMILES string of the molecule is CCOCC(CCC(C)(C)OC)NN. The predicted octanol–water partition coefficient (Wildman–Crippen LogP) is 1.06. The molecular formula is C10H24N2O2. The van der Waals surface area contributed by atoms with Crippen molar-refractivity contribution in [3.8, 4) is 0 Å². The largest absolute Gasteiger partial charge is 0.380 e. The van der Waals surface area contributed by atoms with E-state index in [1.54, 1.807) is 7.11 Å². The van der Waals surface area contributed by atoms with Crippen molar-refractivity contribution in [3.63, 3.8) is 0 Å².